The summed E-state index contributed by atoms with van der Waals surface area (Å²) in [4.78, 5) is 35.4. The summed E-state index contributed by atoms with van der Waals surface area (Å²) in [5.41, 5.74) is 14.1. The van der Waals surface area contributed by atoms with Crippen molar-refractivity contribution in [3.63, 3.8) is 0 Å². The lowest BCUT2D eigenvalue weighted by molar-refractivity contribution is 0.101. The van der Waals surface area contributed by atoms with E-state index in [4.69, 9.17) is 11.5 Å². The van der Waals surface area contributed by atoms with Crippen LogP contribution < -0.4 is 21.7 Å². The fourth-order valence-corrected chi connectivity index (χ4v) is 3.82. The number of nitrogens with one attached hydrogen (secondary N) is 1. The molecule has 1 amide bonds. The Morgan fingerprint density at radius 3 is 2.64 bits per heavy atom. The molecular formula is C24H25FN6O2. The maximum Gasteiger partial charge on any atom is 0.276 e. The topological polar surface area (TPSA) is 127 Å². The lowest BCUT2D eigenvalue weighted by Gasteiger charge is -2.33. The van der Waals surface area contributed by atoms with Crippen LogP contribution in [-0.2, 0) is 0 Å². The number of Topliss-reactive ketones (excluding diaryl/α,β-unsaturated/α-hetero) is 1. The van der Waals surface area contributed by atoms with Crippen molar-refractivity contribution < 1.29 is 14.0 Å². The third-order valence-corrected chi connectivity index (χ3v) is 5.72. The minimum atomic E-state index is -0.554. The van der Waals surface area contributed by atoms with Gasteiger partial charge in [0.1, 0.15) is 5.82 Å². The predicted octanol–water partition coefficient (Wildman–Crippen LogP) is 3.25. The zero-order valence-corrected chi connectivity index (χ0v) is 18.2. The Hall–Kier alpha value is -3.85. The van der Waals surface area contributed by atoms with Crippen molar-refractivity contribution in [3.05, 3.63) is 65.9 Å². The Labute approximate surface area is 190 Å². The number of pyridine rings is 2. The zero-order chi connectivity index (χ0) is 23.5. The molecule has 1 saturated heterocycles. The van der Waals surface area contributed by atoms with Gasteiger partial charge in [-0.15, -0.1) is 0 Å². The van der Waals surface area contributed by atoms with Crippen molar-refractivity contribution in [2.24, 2.45) is 5.73 Å². The number of piperidine rings is 1. The number of halogens is 1. The van der Waals surface area contributed by atoms with E-state index in [0.717, 1.165) is 31.6 Å². The molecule has 1 fully saturated rings. The van der Waals surface area contributed by atoms with Crippen molar-refractivity contribution in [1.82, 2.24) is 9.97 Å². The number of rotatable bonds is 5. The van der Waals surface area contributed by atoms with Gasteiger partial charge in [-0.25, -0.2) is 9.37 Å². The van der Waals surface area contributed by atoms with Crippen LogP contribution in [0.15, 0.2) is 48.8 Å². The molecule has 3 aromatic rings. The quantitative estimate of drug-likeness (QED) is 0.511. The highest BCUT2D eigenvalue weighted by atomic mass is 19.1. The number of hydrogen-bond acceptors (Lipinski definition) is 7. The maximum atomic E-state index is 14.5. The largest absolute Gasteiger partial charge is 0.397 e. The Balaban J connectivity index is 1.63. The average Bonchev–Trinajstić information content (AvgIpc) is 2.80. The molecule has 33 heavy (non-hydrogen) atoms. The van der Waals surface area contributed by atoms with Crippen LogP contribution in [0.2, 0.25) is 0 Å². The summed E-state index contributed by atoms with van der Waals surface area (Å²) < 4.78 is 14.5. The highest BCUT2D eigenvalue weighted by Crippen LogP contribution is 2.29. The lowest BCUT2D eigenvalue weighted by atomic mass is 10.0. The number of ketones is 1. The molecule has 0 aliphatic carbocycles. The molecule has 1 aromatic carbocycles. The Morgan fingerprint density at radius 1 is 1.15 bits per heavy atom. The Bertz CT molecular complexity index is 1210. The first-order chi connectivity index (χ1) is 15.8. The molecule has 0 atom stereocenters. The molecular weight excluding hydrogens is 423 g/mol. The summed E-state index contributed by atoms with van der Waals surface area (Å²) in [6, 6.07) is 9.05. The second-order valence-corrected chi connectivity index (χ2v) is 8.06. The fourth-order valence-electron chi connectivity index (χ4n) is 3.82. The van der Waals surface area contributed by atoms with E-state index < -0.39 is 11.7 Å². The van der Waals surface area contributed by atoms with Crippen LogP contribution >= 0.6 is 0 Å². The summed E-state index contributed by atoms with van der Waals surface area (Å²) in [7, 11) is 0. The van der Waals surface area contributed by atoms with Crippen molar-refractivity contribution in [2.75, 3.05) is 29.0 Å². The molecule has 0 radical (unpaired) electrons. The van der Waals surface area contributed by atoms with Crippen molar-refractivity contribution >= 4 is 28.8 Å². The van der Waals surface area contributed by atoms with Crippen LogP contribution in [0.5, 0.6) is 0 Å². The van der Waals surface area contributed by atoms with E-state index in [-0.39, 0.29) is 34.5 Å². The van der Waals surface area contributed by atoms with E-state index in [1.807, 2.05) is 6.07 Å². The number of aromatic nitrogens is 2. The molecule has 3 heterocycles. The van der Waals surface area contributed by atoms with E-state index in [0.29, 0.717) is 11.3 Å². The Morgan fingerprint density at radius 2 is 1.91 bits per heavy atom. The van der Waals surface area contributed by atoms with Crippen LogP contribution in [0.4, 0.5) is 21.5 Å². The van der Waals surface area contributed by atoms with Gasteiger partial charge in [-0.2, -0.15) is 0 Å². The first-order valence-corrected chi connectivity index (χ1v) is 10.7. The molecule has 9 heteroatoms. The maximum absolute atomic E-state index is 14.5. The molecule has 0 spiro atoms. The predicted molar refractivity (Wildman–Crippen MR) is 126 cm³/mol. The number of anilines is 3. The van der Waals surface area contributed by atoms with Gasteiger partial charge in [0, 0.05) is 36.5 Å². The number of nitrogen functional groups attached to an aromatic ring is 1. The highest BCUT2D eigenvalue weighted by molar-refractivity contribution is 6.08. The molecule has 5 N–H and O–H groups in total. The van der Waals surface area contributed by atoms with Gasteiger partial charge in [-0.05, 0) is 56.2 Å². The second kappa shape index (κ2) is 9.33. The standard InChI is InChI=1S/C24H25FN6O2/c1-14(32)15-2-3-18(25)17(12-15)20-5-4-19(27)23(29-20)24(33)30-21-13-28-9-6-22(21)31-10-7-16(26)8-11-31/h2-6,9,12-13,16H,7-8,10-11,26-27H2,1H3,(H,30,33). The van der Waals surface area contributed by atoms with E-state index in [1.165, 1.54) is 37.3 Å². The van der Waals surface area contributed by atoms with E-state index >= 15 is 0 Å². The van der Waals surface area contributed by atoms with E-state index in [2.05, 4.69) is 20.2 Å². The minimum absolute atomic E-state index is 0.0457. The minimum Gasteiger partial charge on any atom is -0.397 e. The zero-order valence-electron chi connectivity index (χ0n) is 18.2. The first kappa shape index (κ1) is 22.3. The van der Waals surface area contributed by atoms with Gasteiger partial charge in [0.2, 0.25) is 0 Å². The fraction of sp³-hybridized carbons (Fsp3) is 0.250. The van der Waals surface area contributed by atoms with Crippen LogP contribution in [0.3, 0.4) is 0 Å². The smallest absolute Gasteiger partial charge is 0.276 e. The van der Waals surface area contributed by atoms with Crippen molar-refractivity contribution in [1.29, 1.82) is 0 Å². The van der Waals surface area contributed by atoms with E-state index in [9.17, 15) is 14.0 Å². The number of carbonyl (C=O) groups is 2. The number of hydrogen-bond donors (Lipinski definition) is 3. The van der Waals surface area contributed by atoms with Crippen LogP contribution in [0, 0.1) is 5.82 Å². The number of carbonyl (C=O) groups excluding carboxylic acids is 2. The third kappa shape index (κ3) is 4.83. The number of nitrogens with zero attached hydrogens (tertiary/aromatic N) is 3. The summed E-state index contributed by atoms with van der Waals surface area (Å²) in [5, 5.41) is 2.83. The number of benzene rings is 1. The highest BCUT2D eigenvalue weighted by Gasteiger charge is 2.21. The molecule has 0 bridgehead atoms. The average molecular weight is 449 g/mol. The summed E-state index contributed by atoms with van der Waals surface area (Å²) in [6.07, 6.45) is 4.95. The lowest BCUT2D eigenvalue weighted by Crippen LogP contribution is -2.40. The monoisotopic (exact) mass is 448 g/mol. The number of nitrogens with two attached hydrogens (primary N) is 2. The third-order valence-electron chi connectivity index (χ3n) is 5.72. The van der Waals surface area contributed by atoms with Crippen molar-refractivity contribution in [2.45, 2.75) is 25.8 Å². The van der Waals surface area contributed by atoms with Crippen LogP contribution in [0.1, 0.15) is 40.6 Å². The molecule has 4 rings (SSSR count). The second-order valence-electron chi connectivity index (χ2n) is 8.06. The molecule has 0 unspecified atom stereocenters. The summed E-state index contributed by atoms with van der Waals surface area (Å²) >= 11 is 0. The van der Waals surface area contributed by atoms with Gasteiger partial charge < -0.3 is 21.7 Å². The molecule has 1 aliphatic rings. The van der Waals surface area contributed by atoms with Crippen molar-refractivity contribution in [3.8, 4) is 11.3 Å². The van der Waals surface area contributed by atoms with Gasteiger partial charge in [0.15, 0.2) is 11.5 Å². The van der Waals surface area contributed by atoms with Gasteiger partial charge in [0.25, 0.3) is 5.91 Å². The summed E-state index contributed by atoms with van der Waals surface area (Å²) in [6.45, 7) is 2.94. The molecule has 2 aromatic heterocycles. The molecule has 0 saturated carbocycles. The summed E-state index contributed by atoms with van der Waals surface area (Å²) in [5.74, 6) is -1.30. The van der Waals surface area contributed by atoms with Gasteiger partial charge >= 0.3 is 0 Å². The Kier molecular flexibility index (Phi) is 6.32. The SMILES string of the molecule is CC(=O)c1ccc(F)c(-c2ccc(N)c(C(=O)Nc3cnccc3N3CCC(N)CC3)n2)c1. The van der Waals surface area contributed by atoms with Gasteiger partial charge in [-0.1, -0.05) is 0 Å². The number of amides is 1. The van der Waals surface area contributed by atoms with Gasteiger partial charge in [0.05, 0.1) is 29.0 Å². The van der Waals surface area contributed by atoms with Gasteiger partial charge in [-0.3, -0.25) is 14.6 Å². The molecule has 170 valence electrons. The molecule has 8 nitrogen and oxygen atoms in total. The van der Waals surface area contributed by atoms with E-state index in [1.54, 1.807) is 12.4 Å². The first-order valence-electron chi connectivity index (χ1n) is 10.7. The normalized spacial score (nSPS) is 14.2. The van der Waals surface area contributed by atoms with Crippen LogP contribution in [-0.4, -0.2) is 40.8 Å². The molecule has 1 aliphatic heterocycles. The van der Waals surface area contributed by atoms with Crippen LogP contribution in [0.25, 0.3) is 11.3 Å².